The molecule has 4 nitrogen and oxygen atoms in total. The minimum Gasteiger partial charge on any atom is -0.352 e. The number of nitrogens with zero attached hydrogens (tertiary/aromatic N) is 1. The molecule has 1 N–H and O–H groups in total. The number of nitrogens with one attached hydrogen (secondary N) is 1. The number of amides is 2. The molecule has 6 heteroatoms. The fraction of sp³-hybridized carbons (Fsp3) is 0.286. The zero-order valence-electron chi connectivity index (χ0n) is 19.5. The molecule has 0 bridgehead atoms. The third kappa shape index (κ3) is 6.91. The lowest BCUT2D eigenvalue weighted by atomic mass is 10.0. The second kappa shape index (κ2) is 12.3. The smallest absolute Gasteiger partial charge is 0.243 e. The van der Waals surface area contributed by atoms with Crippen LogP contribution >= 0.6 is 11.6 Å². The van der Waals surface area contributed by atoms with Gasteiger partial charge in [0.25, 0.3) is 0 Å². The third-order valence-electron chi connectivity index (χ3n) is 5.86. The summed E-state index contributed by atoms with van der Waals surface area (Å²) in [5.74, 6) is -1.14. The quantitative estimate of drug-likeness (QED) is 0.412. The van der Waals surface area contributed by atoms with Crippen molar-refractivity contribution >= 4 is 23.4 Å². The van der Waals surface area contributed by atoms with Crippen molar-refractivity contribution in [3.8, 4) is 0 Å². The van der Waals surface area contributed by atoms with E-state index >= 15 is 0 Å². The van der Waals surface area contributed by atoms with E-state index in [1.54, 1.807) is 11.0 Å². The Morgan fingerprint density at radius 1 is 0.941 bits per heavy atom. The molecule has 0 aliphatic heterocycles. The molecule has 0 heterocycles. The number of hydrogen-bond donors (Lipinski definition) is 1. The van der Waals surface area contributed by atoms with Crippen molar-refractivity contribution in [3.63, 3.8) is 0 Å². The van der Waals surface area contributed by atoms with Crippen molar-refractivity contribution in [1.82, 2.24) is 10.2 Å². The van der Waals surface area contributed by atoms with Gasteiger partial charge in [0.15, 0.2) is 0 Å². The van der Waals surface area contributed by atoms with Gasteiger partial charge in [0.05, 0.1) is 6.42 Å². The van der Waals surface area contributed by atoms with Crippen LogP contribution in [0, 0.1) is 5.82 Å². The summed E-state index contributed by atoms with van der Waals surface area (Å²) in [4.78, 5) is 28.6. The van der Waals surface area contributed by atoms with E-state index in [-0.39, 0.29) is 41.4 Å². The predicted molar refractivity (Wildman–Crippen MR) is 134 cm³/mol. The predicted octanol–water partition coefficient (Wildman–Crippen LogP) is 5.58. The van der Waals surface area contributed by atoms with E-state index in [0.29, 0.717) is 6.42 Å². The van der Waals surface area contributed by atoms with Crippen LogP contribution in [0.15, 0.2) is 78.9 Å². The van der Waals surface area contributed by atoms with E-state index in [4.69, 9.17) is 11.6 Å². The second-order valence-electron chi connectivity index (χ2n) is 8.41. The van der Waals surface area contributed by atoms with Gasteiger partial charge in [-0.1, -0.05) is 85.3 Å². The maximum absolute atomic E-state index is 14.5. The van der Waals surface area contributed by atoms with E-state index in [9.17, 15) is 14.0 Å². The summed E-state index contributed by atoms with van der Waals surface area (Å²) in [7, 11) is 0. The van der Waals surface area contributed by atoms with Crippen molar-refractivity contribution in [1.29, 1.82) is 0 Å². The zero-order chi connectivity index (χ0) is 24.5. The zero-order valence-corrected chi connectivity index (χ0v) is 20.3. The molecule has 0 fully saturated rings. The SMILES string of the molecule is CC[C@@H](C)NC(=O)[C@H](Cc1ccccc1)N(Cc1ccccc1)C(=O)Cc1c(F)cccc1Cl. The highest BCUT2D eigenvalue weighted by atomic mass is 35.5. The monoisotopic (exact) mass is 480 g/mol. The van der Waals surface area contributed by atoms with Crippen molar-refractivity contribution in [2.75, 3.05) is 0 Å². The minimum atomic E-state index is -0.769. The van der Waals surface area contributed by atoms with Gasteiger partial charge in [-0.15, -0.1) is 0 Å². The molecule has 0 radical (unpaired) electrons. The van der Waals surface area contributed by atoms with Crippen molar-refractivity contribution < 1.29 is 14.0 Å². The topological polar surface area (TPSA) is 49.4 Å². The van der Waals surface area contributed by atoms with Crippen molar-refractivity contribution in [2.24, 2.45) is 0 Å². The van der Waals surface area contributed by atoms with Gasteiger partial charge >= 0.3 is 0 Å². The molecule has 3 rings (SSSR count). The third-order valence-corrected chi connectivity index (χ3v) is 6.21. The first kappa shape index (κ1) is 25.4. The van der Waals surface area contributed by atoms with Gasteiger partial charge in [0, 0.05) is 29.6 Å². The van der Waals surface area contributed by atoms with Crippen LogP contribution in [0.1, 0.15) is 37.0 Å². The molecule has 0 spiro atoms. The Kier molecular flexibility index (Phi) is 9.23. The van der Waals surface area contributed by atoms with Gasteiger partial charge in [-0.25, -0.2) is 4.39 Å². The molecule has 3 aromatic rings. The average Bonchev–Trinajstić information content (AvgIpc) is 2.84. The molecule has 0 unspecified atom stereocenters. The second-order valence-corrected chi connectivity index (χ2v) is 8.81. The van der Waals surface area contributed by atoms with Gasteiger partial charge in [0.2, 0.25) is 11.8 Å². The summed E-state index contributed by atoms with van der Waals surface area (Å²) in [6.07, 6.45) is 0.869. The van der Waals surface area contributed by atoms with Gasteiger partial charge in [0.1, 0.15) is 11.9 Å². The van der Waals surface area contributed by atoms with Gasteiger partial charge in [-0.2, -0.15) is 0 Å². The lowest BCUT2D eigenvalue weighted by Crippen LogP contribution is -2.52. The maximum atomic E-state index is 14.5. The van der Waals surface area contributed by atoms with E-state index in [0.717, 1.165) is 17.5 Å². The van der Waals surface area contributed by atoms with Crippen LogP contribution in [-0.2, 0) is 29.0 Å². The molecule has 0 saturated carbocycles. The lowest BCUT2D eigenvalue weighted by molar-refractivity contribution is -0.141. The molecule has 0 aliphatic rings. The highest BCUT2D eigenvalue weighted by molar-refractivity contribution is 6.31. The lowest BCUT2D eigenvalue weighted by Gasteiger charge is -2.32. The Balaban J connectivity index is 1.99. The number of benzene rings is 3. The molecule has 0 aliphatic carbocycles. The Morgan fingerprint density at radius 2 is 1.56 bits per heavy atom. The fourth-order valence-electron chi connectivity index (χ4n) is 3.73. The Hall–Kier alpha value is -3.18. The maximum Gasteiger partial charge on any atom is 0.243 e. The summed E-state index contributed by atoms with van der Waals surface area (Å²) in [6.45, 7) is 4.14. The number of hydrogen-bond acceptors (Lipinski definition) is 2. The molecule has 0 saturated heterocycles. The molecule has 3 aromatic carbocycles. The largest absolute Gasteiger partial charge is 0.352 e. The van der Waals surface area contributed by atoms with E-state index < -0.39 is 11.9 Å². The van der Waals surface area contributed by atoms with Crippen LogP contribution in [0.2, 0.25) is 5.02 Å². The van der Waals surface area contributed by atoms with Crippen LogP contribution < -0.4 is 5.32 Å². The highest BCUT2D eigenvalue weighted by Gasteiger charge is 2.31. The normalized spacial score (nSPS) is 12.6. The Labute approximate surface area is 205 Å². The van der Waals surface area contributed by atoms with Crippen LogP contribution in [0.3, 0.4) is 0 Å². The van der Waals surface area contributed by atoms with E-state index in [1.807, 2.05) is 74.5 Å². The summed E-state index contributed by atoms with van der Waals surface area (Å²) >= 11 is 6.21. The highest BCUT2D eigenvalue weighted by Crippen LogP contribution is 2.22. The standard InChI is InChI=1S/C28H30ClFN2O2/c1-3-20(2)31-28(34)26(17-21-11-6-4-7-12-21)32(19-22-13-8-5-9-14-22)27(33)18-23-24(29)15-10-16-25(23)30/h4-16,20,26H,3,17-19H2,1-2H3,(H,31,34)/t20-,26+/m1/s1. The number of carbonyl (C=O) groups is 2. The Bertz CT molecular complexity index is 1070. The first-order valence-corrected chi connectivity index (χ1v) is 11.9. The summed E-state index contributed by atoms with van der Waals surface area (Å²) < 4.78 is 14.5. The van der Waals surface area contributed by atoms with E-state index in [2.05, 4.69) is 5.32 Å². The van der Waals surface area contributed by atoms with Gasteiger partial charge in [-0.3, -0.25) is 9.59 Å². The van der Waals surface area contributed by atoms with Crippen molar-refractivity contribution in [2.45, 2.75) is 51.7 Å². The summed E-state index contributed by atoms with van der Waals surface area (Å²) in [5.41, 5.74) is 1.94. The van der Waals surface area contributed by atoms with Crippen LogP contribution in [0.25, 0.3) is 0 Å². The van der Waals surface area contributed by atoms with Crippen LogP contribution in [-0.4, -0.2) is 28.8 Å². The molecular formula is C28H30ClFN2O2. The molecule has 2 atom stereocenters. The van der Waals surface area contributed by atoms with Gasteiger partial charge < -0.3 is 10.2 Å². The fourth-order valence-corrected chi connectivity index (χ4v) is 3.96. The minimum absolute atomic E-state index is 0.0412. The Morgan fingerprint density at radius 3 is 2.15 bits per heavy atom. The summed E-state index contributed by atoms with van der Waals surface area (Å²) in [5, 5.41) is 3.22. The summed E-state index contributed by atoms with van der Waals surface area (Å²) in [6, 6.07) is 22.6. The molecule has 0 aromatic heterocycles. The number of rotatable bonds is 10. The number of halogens is 2. The molecule has 34 heavy (non-hydrogen) atoms. The average molecular weight is 481 g/mol. The molecule has 178 valence electrons. The van der Waals surface area contributed by atoms with Gasteiger partial charge in [-0.05, 0) is 36.6 Å². The number of carbonyl (C=O) groups excluding carboxylic acids is 2. The molecular weight excluding hydrogens is 451 g/mol. The molecule has 2 amide bonds. The first-order chi connectivity index (χ1) is 16.4. The first-order valence-electron chi connectivity index (χ1n) is 11.5. The van der Waals surface area contributed by atoms with Crippen LogP contribution in [0.5, 0.6) is 0 Å². The van der Waals surface area contributed by atoms with Crippen molar-refractivity contribution in [3.05, 3.63) is 106 Å². The van der Waals surface area contributed by atoms with E-state index in [1.165, 1.54) is 12.1 Å². The van der Waals surface area contributed by atoms with Crippen LogP contribution in [0.4, 0.5) is 4.39 Å².